The Morgan fingerprint density at radius 3 is 2.44 bits per heavy atom. The molecule has 0 bridgehead atoms. The van der Waals surface area contributed by atoms with Crippen molar-refractivity contribution in [1.29, 1.82) is 0 Å². The third kappa shape index (κ3) is 7.04. The minimum Gasteiger partial charge on any atom is -0.497 e. The van der Waals surface area contributed by atoms with Gasteiger partial charge in [0.2, 0.25) is 0 Å². The number of anilines is 1. The molecular weight excluding hydrogens is 338 g/mol. The number of amides is 1. The molecule has 0 saturated heterocycles. The number of nitrogens with zero attached hydrogens (tertiary/aromatic N) is 1. The third-order valence-electron chi connectivity index (χ3n) is 4.21. The average molecular weight is 370 g/mol. The van der Waals surface area contributed by atoms with Gasteiger partial charge in [0.1, 0.15) is 5.75 Å². The van der Waals surface area contributed by atoms with Gasteiger partial charge in [0.05, 0.1) is 7.11 Å². The summed E-state index contributed by atoms with van der Waals surface area (Å²) >= 11 is 0. The lowest BCUT2D eigenvalue weighted by molar-refractivity contribution is 0.102. The Balaban J connectivity index is 1.91. The molecule has 0 aliphatic carbocycles. The van der Waals surface area contributed by atoms with Crippen LogP contribution >= 0.6 is 0 Å². The number of rotatable bonds is 9. The van der Waals surface area contributed by atoms with Crippen LogP contribution in [0.25, 0.3) is 0 Å². The first-order chi connectivity index (χ1) is 12.8. The van der Waals surface area contributed by atoms with Gasteiger partial charge >= 0.3 is 0 Å². The van der Waals surface area contributed by atoms with Crippen LogP contribution in [0, 0.1) is 5.41 Å². The Kier molecular flexibility index (Phi) is 7.39. The number of ether oxygens (including phenoxy) is 1. The standard InChI is InChI=1S/C22H31N3O2/c1-22(2,16-25(3)4)15-23-14-17-7-6-8-19(13-17)24-21(26)18-9-11-20(27-5)12-10-18/h6-13,23H,14-16H2,1-5H3,(H,24,26). The number of benzene rings is 2. The summed E-state index contributed by atoms with van der Waals surface area (Å²) in [6.45, 7) is 7.23. The van der Waals surface area contributed by atoms with E-state index in [-0.39, 0.29) is 11.3 Å². The van der Waals surface area contributed by atoms with E-state index in [1.165, 1.54) is 0 Å². The van der Waals surface area contributed by atoms with Crippen LogP contribution in [0.3, 0.4) is 0 Å². The monoisotopic (exact) mass is 369 g/mol. The molecule has 0 aliphatic heterocycles. The molecule has 1 amide bonds. The van der Waals surface area contributed by atoms with E-state index in [9.17, 15) is 4.79 Å². The average Bonchev–Trinajstić information content (AvgIpc) is 2.61. The molecule has 0 spiro atoms. The quantitative estimate of drug-likeness (QED) is 0.709. The van der Waals surface area contributed by atoms with Crippen molar-refractivity contribution in [2.75, 3.05) is 39.6 Å². The Morgan fingerprint density at radius 2 is 1.81 bits per heavy atom. The summed E-state index contributed by atoms with van der Waals surface area (Å²) in [4.78, 5) is 14.6. The zero-order chi connectivity index (χ0) is 19.9. The highest BCUT2D eigenvalue weighted by Crippen LogP contribution is 2.17. The minimum absolute atomic E-state index is 0.130. The van der Waals surface area contributed by atoms with Crippen LogP contribution in [0.15, 0.2) is 48.5 Å². The van der Waals surface area contributed by atoms with Crippen LogP contribution in [0.2, 0.25) is 0 Å². The van der Waals surface area contributed by atoms with Crippen LogP contribution in [0.4, 0.5) is 5.69 Å². The van der Waals surface area contributed by atoms with Crippen LogP contribution < -0.4 is 15.4 Å². The molecule has 0 aliphatic rings. The van der Waals surface area contributed by atoms with Gasteiger partial charge in [0.15, 0.2) is 0 Å². The van der Waals surface area contributed by atoms with Crippen molar-refractivity contribution < 1.29 is 9.53 Å². The number of nitrogens with one attached hydrogen (secondary N) is 2. The lowest BCUT2D eigenvalue weighted by Crippen LogP contribution is -2.37. The summed E-state index contributed by atoms with van der Waals surface area (Å²) in [7, 11) is 5.80. The summed E-state index contributed by atoms with van der Waals surface area (Å²) in [5, 5.41) is 6.47. The van der Waals surface area contributed by atoms with Gasteiger partial charge in [-0.2, -0.15) is 0 Å². The number of carbonyl (C=O) groups excluding carboxylic acids is 1. The first kappa shape index (κ1) is 20.9. The van der Waals surface area contributed by atoms with Crippen molar-refractivity contribution in [3.05, 3.63) is 59.7 Å². The highest BCUT2D eigenvalue weighted by Gasteiger charge is 2.18. The van der Waals surface area contributed by atoms with E-state index in [4.69, 9.17) is 4.74 Å². The van der Waals surface area contributed by atoms with Crippen molar-refractivity contribution >= 4 is 11.6 Å². The number of methoxy groups -OCH3 is 1. The zero-order valence-corrected chi connectivity index (χ0v) is 17.0. The van der Waals surface area contributed by atoms with Crippen molar-refractivity contribution in [3.8, 4) is 5.75 Å². The van der Waals surface area contributed by atoms with Crippen LogP contribution in [-0.4, -0.2) is 45.1 Å². The number of hydrogen-bond donors (Lipinski definition) is 2. The van der Waals surface area contributed by atoms with E-state index in [2.05, 4.69) is 49.5 Å². The largest absolute Gasteiger partial charge is 0.497 e. The Morgan fingerprint density at radius 1 is 1.11 bits per heavy atom. The molecule has 2 rings (SSSR count). The van der Waals surface area contributed by atoms with Gasteiger partial charge in [-0.15, -0.1) is 0 Å². The molecule has 0 heterocycles. The second-order valence-corrected chi connectivity index (χ2v) is 7.89. The molecule has 5 nitrogen and oxygen atoms in total. The number of carbonyl (C=O) groups is 1. The molecule has 2 aromatic carbocycles. The van der Waals surface area contributed by atoms with Crippen molar-refractivity contribution in [3.63, 3.8) is 0 Å². The Hall–Kier alpha value is -2.37. The Labute approximate surface area is 162 Å². The smallest absolute Gasteiger partial charge is 0.255 e. The van der Waals surface area contributed by atoms with Crippen molar-refractivity contribution in [1.82, 2.24) is 10.2 Å². The molecule has 0 atom stereocenters. The van der Waals surface area contributed by atoms with Crippen LogP contribution in [0.1, 0.15) is 29.8 Å². The van der Waals surface area contributed by atoms with E-state index in [0.29, 0.717) is 5.56 Å². The highest BCUT2D eigenvalue weighted by atomic mass is 16.5. The van der Waals surface area contributed by atoms with Gasteiger partial charge in [0, 0.05) is 30.9 Å². The van der Waals surface area contributed by atoms with E-state index >= 15 is 0 Å². The molecular formula is C22H31N3O2. The first-order valence-corrected chi connectivity index (χ1v) is 9.19. The molecule has 0 unspecified atom stereocenters. The van der Waals surface area contributed by atoms with Gasteiger partial charge in [0.25, 0.3) is 5.91 Å². The van der Waals surface area contributed by atoms with Crippen LogP contribution in [0.5, 0.6) is 5.75 Å². The predicted molar refractivity (Wildman–Crippen MR) is 111 cm³/mol. The molecule has 2 N–H and O–H groups in total. The first-order valence-electron chi connectivity index (χ1n) is 9.19. The van der Waals surface area contributed by atoms with Gasteiger partial charge in [-0.05, 0) is 61.5 Å². The van der Waals surface area contributed by atoms with Crippen molar-refractivity contribution in [2.24, 2.45) is 5.41 Å². The second kappa shape index (κ2) is 9.53. The van der Waals surface area contributed by atoms with E-state index in [1.54, 1.807) is 31.4 Å². The zero-order valence-electron chi connectivity index (χ0n) is 17.0. The van der Waals surface area contributed by atoms with Crippen molar-refractivity contribution in [2.45, 2.75) is 20.4 Å². The summed E-state index contributed by atoms with van der Waals surface area (Å²) in [5.41, 5.74) is 2.74. The van der Waals surface area contributed by atoms with E-state index < -0.39 is 0 Å². The molecule has 0 aromatic heterocycles. The fraction of sp³-hybridized carbons (Fsp3) is 0.409. The predicted octanol–water partition coefficient (Wildman–Crippen LogP) is 3.62. The molecule has 27 heavy (non-hydrogen) atoms. The van der Waals surface area contributed by atoms with Gasteiger partial charge in [-0.3, -0.25) is 4.79 Å². The molecule has 0 fully saturated rings. The molecule has 5 heteroatoms. The fourth-order valence-corrected chi connectivity index (χ4v) is 3.16. The lowest BCUT2D eigenvalue weighted by Gasteiger charge is -2.28. The van der Waals surface area contributed by atoms with E-state index in [1.807, 2.05) is 18.2 Å². The third-order valence-corrected chi connectivity index (χ3v) is 4.21. The lowest BCUT2D eigenvalue weighted by atomic mass is 9.93. The fourth-order valence-electron chi connectivity index (χ4n) is 3.16. The number of hydrogen-bond acceptors (Lipinski definition) is 4. The highest BCUT2D eigenvalue weighted by molar-refractivity contribution is 6.04. The summed E-state index contributed by atoms with van der Waals surface area (Å²) in [5.74, 6) is 0.603. The Bertz CT molecular complexity index is 739. The SMILES string of the molecule is COc1ccc(C(=O)Nc2cccc(CNCC(C)(C)CN(C)C)c2)cc1. The van der Waals surface area contributed by atoms with Gasteiger partial charge < -0.3 is 20.3 Å². The maximum Gasteiger partial charge on any atom is 0.255 e. The molecule has 146 valence electrons. The summed E-state index contributed by atoms with van der Waals surface area (Å²) in [6.07, 6.45) is 0. The maximum absolute atomic E-state index is 12.4. The second-order valence-electron chi connectivity index (χ2n) is 7.89. The molecule has 2 aromatic rings. The maximum atomic E-state index is 12.4. The summed E-state index contributed by atoms with van der Waals surface area (Å²) in [6, 6.07) is 15.0. The topological polar surface area (TPSA) is 53.6 Å². The summed E-state index contributed by atoms with van der Waals surface area (Å²) < 4.78 is 5.12. The molecule has 0 saturated carbocycles. The minimum atomic E-state index is -0.130. The van der Waals surface area contributed by atoms with E-state index in [0.717, 1.165) is 36.6 Å². The van der Waals surface area contributed by atoms with Gasteiger partial charge in [-0.1, -0.05) is 26.0 Å². The molecule has 0 radical (unpaired) electrons. The van der Waals surface area contributed by atoms with Crippen LogP contribution in [-0.2, 0) is 6.54 Å². The van der Waals surface area contributed by atoms with Gasteiger partial charge in [-0.25, -0.2) is 0 Å². The normalized spacial score (nSPS) is 11.5.